The highest BCUT2D eigenvalue weighted by Gasteiger charge is 2.30. The summed E-state index contributed by atoms with van der Waals surface area (Å²) in [5.74, 6) is -0.350. The Bertz CT molecular complexity index is 1080. The maximum absolute atomic E-state index is 11.0. The minimum Gasteiger partial charge on any atom is -0.491 e. The Balaban J connectivity index is 1.34. The number of benzene rings is 1. The third kappa shape index (κ3) is 5.82. The van der Waals surface area contributed by atoms with E-state index in [0.29, 0.717) is 35.0 Å². The Morgan fingerprint density at radius 2 is 2.03 bits per heavy atom. The SMILES string of the molecule is C[C@@H]1CN(c2ncc(-c3cccnc3)s2)C[C@H](C)N1CCOc1cc(CC(=O)O)ccc1Cl. The van der Waals surface area contributed by atoms with E-state index in [1.165, 1.54) is 0 Å². The van der Waals surface area contributed by atoms with Crippen LogP contribution in [-0.2, 0) is 11.2 Å². The van der Waals surface area contributed by atoms with Gasteiger partial charge in [0.2, 0.25) is 0 Å². The molecule has 3 heterocycles. The molecule has 1 aliphatic heterocycles. The molecule has 2 atom stereocenters. The third-order valence-electron chi connectivity index (χ3n) is 5.77. The molecular formula is C24H27ClN4O3S. The molecule has 0 aliphatic carbocycles. The molecule has 1 aliphatic rings. The van der Waals surface area contributed by atoms with Crippen LogP contribution >= 0.6 is 22.9 Å². The lowest BCUT2D eigenvalue weighted by atomic mass is 10.1. The first-order valence-electron chi connectivity index (χ1n) is 10.9. The number of ether oxygens (including phenoxy) is 1. The predicted molar refractivity (Wildman–Crippen MR) is 131 cm³/mol. The van der Waals surface area contributed by atoms with Gasteiger partial charge in [-0.25, -0.2) is 4.98 Å². The van der Waals surface area contributed by atoms with Crippen molar-refractivity contribution in [3.8, 4) is 16.2 Å². The fourth-order valence-corrected chi connectivity index (χ4v) is 5.31. The lowest BCUT2D eigenvalue weighted by molar-refractivity contribution is -0.136. The summed E-state index contributed by atoms with van der Waals surface area (Å²) in [4.78, 5) is 25.7. The Labute approximate surface area is 202 Å². The van der Waals surface area contributed by atoms with E-state index in [1.54, 1.807) is 35.7 Å². The van der Waals surface area contributed by atoms with Crippen LogP contribution < -0.4 is 9.64 Å². The van der Waals surface area contributed by atoms with Crippen LogP contribution in [0.4, 0.5) is 5.13 Å². The summed E-state index contributed by atoms with van der Waals surface area (Å²) < 4.78 is 5.93. The molecule has 0 bridgehead atoms. The Hall–Kier alpha value is -2.68. The Kier molecular flexibility index (Phi) is 7.47. The van der Waals surface area contributed by atoms with Crippen molar-refractivity contribution in [2.24, 2.45) is 0 Å². The first-order chi connectivity index (χ1) is 15.9. The number of carbonyl (C=O) groups is 1. The summed E-state index contributed by atoms with van der Waals surface area (Å²) in [5, 5.41) is 10.5. The Morgan fingerprint density at radius 1 is 1.24 bits per heavy atom. The number of halogens is 1. The highest BCUT2D eigenvalue weighted by Crippen LogP contribution is 2.32. The molecule has 0 radical (unpaired) electrons. The van der Waals surface area contributed by atoms with Crippen LogP contribution in [-0.4, -0.2) is 64.3 Å². The molecule has 4 rings (SSSR count). The van der Waals surface area contributed by atoms with Gasteiger partial charge in [0, 0.05) is 55.9 Å². The smallest absolute Gasteiger partial charge is 0.307 e. The zero-order valence-corrected chi connectivity index (χ0v) is 20.2. The van der Waals surface area contributed by atoms with E-state index in [2.05, 4.69) is 39.7 Å². The van der Waals surface area contributed by atoms with Crippen molar-refractivity contribution in [2.75, 3.05) is 31.1 Å². The molecule has 0 unspecified atom stereocenters. The van der Waals surface area contributed by atoms with Crippen molar-refractivity contribution in [2.45, 2.75) is 32.4 Å². The molecule has 1 saturated heterocycles. The van der Waals surface area contributed by atoms with Crippen molar-refractivity contribution < 1.29 is 14.6 Å². The summed E-state index contributed by atoms with van der Waals surface area (Å²) in [7, 11) is 0. The molecule has 1 aromatic carbocycles. The van der Waals surface area contributed by atoms with E-state index in [0.717, 1.165) is 35.2 Å². The molecule has 2 aromatic heterocycles. The molecule has 7 nitrogen and oxygen atoms in total. The van der Waals surface area contributed by atoms with Crippen molar-refractivity contribution in [3.63, 3.8) is 0 Å². The predicted octanol–water partition coefficient (Wildman–Crippen LogP) is 4.46. The fourth-order valence-electron chi connectivity index (χ4n) is 4.21. The molecule has 0 spiro atoms. The van der Waals surface area contributed by atoms with Gasteiger partial charge in [-0.05, 0) is 37.6 Å². The topological polar surface area (TPSA) is 78.8 Å². The molecule has 1 fully saturated rings. The van der Waals surface area contributed by atoms with E-state index in [-0.39, 0.29) is 6.42 Å². The number of pyridine rings is 1. The largest absolute Gasteiger partial charge is 0.491 e. The van der Waals surface area contributed by atoms with Crippen LogP contribution in [0.2, 0.25) is 5.02 Å². The van der Waals surface area contributed by atoms with Crippen LogP contribution in [0.15, 0.2) is 48.9 Å². The van der Waals surface area contributed by atoms with E-state index in [4.69, 9.17) is 21.4 Å². The summed E-state index contributed by atoms with van der Waals surface area (Å²) in [6.45, 7) is 7.46. The first kappa shape index (κ1) is 23.5. The third-order valence-corrected chi connectivity index (χ3v) is 7.19. The second-order valence-corrected chi connectivity index (χ2v) is 9.69. The standard InChI is InChI=1S/C24H27ClN4O3S/c1-16-14-28(24-27-13-22(33-24)19-4-3-7-26-12-19)15-17(2)29(16)8-9-32-21-10-18(11-23(30)31)5-6-20(21)25/h3-7,10,12-13,16-17H,8-9,11,14-15H2,1-2H3,(H,30,31)/t16-,17+. The molecule has 0 saturated carbocycles. The van der Waals surface area contributed by atoms with Gasteiger partial charge in [0.05, 0.1) is 16.3 Å². The number of piperazine rings is 1. The second kappa shape index (κ2) is 10.5. The minimum absolute atomic E-state index is 0.0528. The molecule has 9 heteroatoms. The fraction of sp³-hybridized carbons (Fsp3) is 0.375. The van der Waals surface area contributed by atoms with Gasteiger partial charge in [-0.3, -0.25) is 14.7 Å². The van der Waals surface area contributed by atoms with Crippen LogP contribution in [0.1, 0.15) is 19.4 Å². The number of hydrogen-bond acceptors (Lipinski definition) is 7. The summed E-state index contributed by atoms with van der Waals surface area (Å²) >= 11 is 7.94. The number of aliphatic carboxylic acids is 1. The van der Waals surface area contributed by atoms with Crippen molar-refractivity contribution in [1.82, 2.24) is 14.9 Å². The van der Waals surface area contributed by atoms with Crippen LogP contribution in [0.25, 0.3) is 10.4 Å². The van der Waals surface area contributed by atoms with Gasteiger partial charge in [0.1, 0.15) is 12.4 Å². The van der Waals surface area contributed by atoms with Gasteiger partial charge >= 0.3 is 5.97 Å². The summed E-state index contributed by atoms with van der Waals surface area (Å²) in [5.41, 5.74) is 1.76. The lowest BCUT2D eigenvalue weighted by Crippen LogP contribution is -2.57. The van der Waals surface area contributed by atoms with E-state index >= 15 is 0 Å². The molecule has 0 amide bonds. The average molecular weight is 487 g/mol. The van der Waals surface area contributed by atoms with Crippen LogP contribution in [0.5, 0.6) is 5.75 Å². The summed E-state index contributed by atoms with van der Waals surface area (Å²) in [6.07, 6.45) is 5.51. The minimum atomic E-state index is -0.878. The number of anilines is 1. The zero-order chi connectivity index (χ0) is 23.4. The maximum Gasteiger partial charge on any atom is 0.307 e. The van der Waals surface area contributed by atoms with Gasteiger partial charge < -0.3 is 14.7 Å². The maximum atomic E-state index is 11.0. The van der Waals surface area contributed by atoms with Gasteiger partial charge in [0.25, 0.3) is 0 Å². The molecule has 3 aromatic rings. The zero-order valence-electron chi connectivity index (χ0n) is 18.6. The number of aromatic nitrogens is 2. The quantitative estimate of drug-likeness (QED) is 0.503. The summed E-state index contributed by atoms with van der Waals surface area (Å²) in [6, 6.07) is 9.77. The molecule has 33 heavy (non-hydrogen) atoms. The molecule has 174 valence electrons. The molecule has 1 N–H and O–H groups in total. The number of carboxylic acid groups (broad SMARTS) is 1. The number of nitrogens with zero attached hydrogens (tertiary/aromatic N) is 4. The highest BCUT2D eigenvalue weighted by atomic mass is 35.5. The van der Waals surface area contributed by atoms with E-state index in [1.807, 2.05) is 18.5 Å². The van der Waals surface area contributed by atoms with Crippen molar-refractivity contribution in [3.05, 3.63) is 59.5 Å². The first-order valence-corrected chi connectivity index (χ1v) is 12.1. The van der Waals surface area contributed by atoms with Crippen molar-refractivity contribution >= 4 is 34.0 Å². The van der Waals surface area contributed by atoms with Crippen LogP contribution in [0, 0.1) is 0 Å². The number of thiazole rings is 1. The lowest BCUT2D eigenvalue weighted by Gasteiger charge is -2.44. The van der Waals surface area contributed by atoms with Crippen LogP contribution in [0.3, 0.4) is 0 Å². The number of hydrogen-bond donors (Lipinski definition) is 1. The Morgan fingerprint density at radius 3 is 2.73 bits per heavy atom. The van der Waals surface area contributed by atoms with E-state index < -0.39 is 5.97 Å². The molecular weight excluding hydrogens is 460 g/mol. The normalized spacial score (nSPS) is 18.9. The number of rotatable bonds is 8. The average Bonchev–Trinajstić information content (AvgIpc) is 3.28. The monoisotopic (exact) mass is 486 g/mol. The van der Waals surface area contributed by atoms with E-state index in [9.17, 15) is 4.79 Å². The highest BCUT2D eigenvalue weighted by molar-refractivity contribution is 7.18. The second-order valence-electron chi connectivity index (χ2n) is 8.27. The van der Waals surface area contributed by atoms with Gasteiger partial charge in [-0.15, -0.1) is 0 Å². The van der Waals surface area contributed by atoms with Gasteiger partial charge in [-0.2, -0.15) is 0 Å². The number of carboxylic acids is 1. The van der Waals surface area contributed by atoms with Gasteiger partial charge in [-0.1, -0.05) is 35.1 Å². The van der Waals surface area contributed by atoms with Gasteiger partial charge in [0.15, 0.2) is 5.13 Å². The van der Waals surface area contributed by atoms with Crippen molar-refractivity contribution in [1.29, 1.82) is 0 Å².